The van der Waals surface area contributed by atoms with E-state index in [2.05, 4.69) is 4.90 Å². The van der Waals surface area contributed by atoms with Crippen LogP contribution in [-0.2, 0) is 33.6 Å². The number of hydrogen-bond donors (Lipinski definition) is 5. The average molecular weight is 549 g/mol. The number of hydrogen-bond acceptors (Lipinski definition) is 6. The number of aromatic nitrogens is 1. The number of halogens is 2. The molecule has 1 aliphatic heterocycles. The predicted molar refractivity (Wildman–Crippen MR) is 135 cm³/mol. The second-order valence-electron chi connectivity index (χ2n) is 9.69. The van der Waals surface area contributed by atoms with Crippen molar-refractivity contribution >= 4 is 28.8 Å². The third-order valence-electron chi connectivity index (χ3n) is 6.77. The molecular weight excluding hydrogens is 518 g/mol. The molecule has 1 saturated heterocycles. The van der Waals surface area contributed by atoms with Crippen molar-refractivity contribution in [3.05, 3.63) is 71.4 Å². The number of aryl methyl sites for hydroxylation is 1. The van der Waals surface area contributed by atoms with Gasteiger partial charge in [-0.3, -0.25) is 14.5 Å². The lowest BCUT2D eigenvalue weighted by molar-refractivity contribution is -0.170. The normalized spacial score (nSPS) is 15.4. The van der Waals surface area contributed by atoms with E-state index in [0.717, 1.165) is 16.5 Å². The molecule has 0 unspecified atom stereocenters. The molecule has 39 heavy (non-hydrogen) atoms. The first kappa shape index (κ1) is 29.7. The molecule has 3 aromatic rings. The monoisotopic (exact) mass is 548 g/mol. The van der Waals surface area contributed by atoms with E-state index in [9.17, 15) is 28.3 Å². The molecule has 0 aliphatic carbocycles. The Hall–Kier alpha value is -3.87. The number of aliphatic carboxylic acids is 3. The highest BCUT2D eigenvalue weighted by Gasteiger charge is 2.41. The minimum absolute atomic E-state index is 0.238. The highest BCUT2D eigenvalue weighted by atomic mass is 19.1. The van der Waals surface area contributed by atoms with E-state index in [1.54, 1.807) is 30.3 Å². The zero-order valence-electron chi connectivity index (χ0n) is 21.2. The van der Waals surface area contributed by atoms with Crippen LogP contribution in [0.25, 0.3) is 10.9 Å². The average Bonchev–Trinajstić information content (AvgIpc) is 3.14. The van der Waals surface area contributed by atoms with Crippen LogP contribution in [0.2, 0.25) is 0 Å². The van der Waals surface area contributed by atoms with E-state index in [0.29, 0.717) is 38.0 Å². The van der Waals surface area contributed by atoms with Gasteiger partial charge >= 0.3 is 17.9 Å². The summed E-state index contributed by atoms with van der Waals surface area (Å²) in [5.74, 6) is -5.61. The number of benzene rings is 2. The highest BCUT2D eigenvalue weighted by molar-refractivity contribution is 5.88. The molecule has 12 heteroatoms. The van der Waals surface area contributed by atoms with Gasteiger partial charge in [-0.2, -0.15) is 0 Å². The quantitative estimate of drug-likeness (QED) is 0.285. The van der Waals surface area contributed by atoms with Crippen molar-refractivity contribution in [1.82, 2.24) is 9.47 Å². The first-order valence-electron chi connectivity index (χ1n) is 12.1. The van der Waals surface area contributed by atoms with Crippen molar-refractivity contribution < 1.29 is 48.7 Å². The maximum Gasteiger partial charge on any atom is 0.336 e. The van der Waals surface area contributed by atoms with Crippen LogP contribution in [0, 0.1) is 11.6 Å². The number of carboxylic acids is 3. The molecule has 0 amide bonds. The maximum atomic E-state index is 14.1. The Bertz CT molecular complexity index is 1350. The van der Waals surface area contributed by atoms with Crippen LogP contribution in [0.15, 0.2) is 48.7 Å². The van der Waals surface area contributed by atoms with Crippen molar-refractivity contribution in [3.63, 3.8) is 0 Å². The van der Waals surface area contributed by atoms with Crippen LogP contribution in [0.5, 0.6) is 0 Å². The Morgan fingerprint density at radius 1 is 0.974 bits per heavy atom. The summed E-state index contributed by atoms with van der Waals surface area (Å²) in [5, 5.41) is 45.6. The molecule has 0 radical (unpaired) electrons. The van der Waals surface area contributed by atoms with E-state index >= 15 is 0 Å². The molecule has 0 atom stereocenters. The minimum Gasteiger partial charge on any atom is -0.481 e. The van der Waals surface area contributed by atoms with Crippen LogP contribution >= 0.6 is 0 Å². The number of fused-ring (bicyclic) bond motifs is 1. The maximum absolute atomic E-state index is 14.1. The van der Waals surface area contributed by atoms with Crippen LogP contribution in [0.4, 0.5) is 8.78 Å². The van der Waals surface area contributed by atoms with E-state index in [-0.39, 0.29) is 11.6 Å². The molecule has 210 valence electrons. The Morgan fingerprint density at radius 2 is 1.56 bits per heavy atom. The number of nitrogens with zero attached hydrogens (tertiary/aromatic N) is 2. The summed E-state index contributed by atoms with van der Waals surface area (Å²) in [6, 6.07) is 11.3. The number of rotatable bonds is 8. The van der Waals surface area contributed by atoms with Gasteiger partial charge < -0.3 is 30.1 Å². The van der Waals surface area contributed by atoms with Crippen molar-refractivity contribution in [3.8, 4) is 0 Å². The van der Waals surface area contributed by atoms with E-state index in [4.69, 9.17) is 20.4 Å². The van der Waals surface area contributed by atoms with Crippen LogP contribution < -0.4 is 0 Å². The van der Waals surface area contributed by atoms with Crippen molar-refractivity contribution in [2.45, 2.75) is 43.4 Å². The lowest BCUT2D eigenvalue weighted by Gasteiger charge is -2.38. The van der Waals surface area contributed by atoms with E-state index < -0.39 is 42.0 Å². The van der Waals surface area contributed by atoms with Gasteiger partial charge in [0.15, 0.2) is 5.60 Å². The molecule has 1 aliphatic rings. The fraction of sp³-hybridized carbons (Fsp3) is 0.370. The summed E-state index contributed by atoms with van der Waals surface area (Å²) in [6.07, 6.45) is 0.700. The van der Waals surface area contributed by atoms with Gasteiger partial charge in [-0.25, -0.2) is 13.6 Å². The first-order valence-corrected chi connectivity index (χ1v) is 12.1. The number of carboxylic acid groups (broad SMARTS) is 3. The molecule has 2 heterocycles. The molecule has 0 spiro atoms. The fourth-order valence-electron chi connectivity index (χ4n) is 4.72. The van der Waals surface area contributed by atoms with Crippen LogP contribution in [0.3, 0.4) is 0 Å². The van der Waals surface area contributed by atoms with E-state index in [1.165, 1.54) is 12.1 Å². The van der Waals surface area contributed by atoms with Gasteiger partial charge in [0.1, 0.15) is 11.6 Å². The number of carbonyl (C=O) groups is 3. The van der Waals surface area contributed by atoms with Gasteiger partial charge in [0.25, 0.3) is 0 Å². The number of aliphatic hydroxyl groups is 2. The first-order chi connectivity index (χ1) is 18.2. The molecule has 1 aromatic heterocycles. The third kappa shape index (κ3) is 7.16. The van der Waals surface area contributed by atoms with Crippen molar-refractivity contribution in [1.29, 1.82) is 0 Å². The summed E-state index contributed by atoms with van der Waals surface area (Å²) in [4.78, 5) is 32.7. The Labute approximate surface area is 222 Å². The second kappa shape index (κ2) is 11.9. The highest BCUT2D eigenvalue weighted by Crippen LogP contribution is 2.35. The summed E-state index contributed by atoms with van der Waals surface area (Å²) >= 11 is 0. The van der Waals surface area contributed by atoms with Crippen LogP contribution in [0.1, 0.15) is 36.8 Å². The largest absolute Gasteiger partial charge is 0.481 e. The van der Waals surface area contributed by atoms with Gasteiger partial charge in [0.05, 0.1) is 18.4 Å². The van der Waals surface area contributed by atoms with Crippen molar-refractivity contribution in [2.24, 2.45) is 7.05 Å². The molecule has 2 aromatic carbocycles. The zero-order valence-corrected chi connectivity index (χ0v) is 21.2. The van der Waals surface area contributed by atoms with Gasteiger partial charge in [-0.05, 0) is 42.7 Å². The lowest BCUT2D eigenvalue weighted by atomic mass is 9.84. The lowest BCUT2D eigenvalue weighted by Crippen LogP contribution is -2.42. The Kier molecular flexibility index (Phi) is 9.05. The second-order valence-corrected chi connectivity index (χ2v) is 9.69. The minimum atomic E-state index is -2.74. The topological polar surface area (TPSA) is 161 Å². The van der Waals surface area contributed by atoms with E-state index in [1.807, 2.05) is 17.8 Å². The molecule has 1 fully saturated rings. The predicted octanol–water partition coefficient (Wildman–Crippen LogP) is 2.69. The van der Waals surface area contributed by atoms with Crippen molar-refractivity contribution in [2.75, 3.05) is 13.1 Å². The Balaban J connectivity index is 0.000000276. The van der Waals surface area contributed by atoms with Gasteiger partial charge in [0.2, 0.25) is 0 Å². The standard InChI is InChI=1S/C21H22F2N2O.C6H8O7/c1-24-13-15(17-12-16(22)6-7-20(17)24)14-25-10-8-21(26,9-11-25)18-4-2-3-5-19(18)23;7-3(8)1-6(13,5(11)12)2-4(9)10/h2-7,12-13,26H,8-11,14H2,1H3;13H,1-2H2,(H,7,8)(H,9,10)(H,11,12). The Morgan fingerprint density at radius 3 is 2.10 bits per heavy atom. The zero-order chi connectivity index (χ0) is 29.0. The summed E-state index contributed by atoms with van der Waals surface area (Å²) in [6.45, 7) is 2.02. The SMILES string of the molecule is Cn1cc(CN2CCC(O)(c3ccccc3F)CC2)c2cc(F)ccc21.O=C(O)CC(O)(CC(=O)O)C(=O)O. The summed E-state index contributed by atoms with van der Waals surface area (Å²) < 4.78 is 29.7. The molecule has 10 nitrogen and oxygen atoms in total. The van der Waals surface area contributed by atoms with Gasteiger partial charge in [-0.1, -0.05) is 18.2 Å². The molecule has 0 saturated carbocycles. The van der Waals surface area contributed by atoms with Gasteiger partial charge in [-0.15, -0.1) is 0 Å². The summed E-state index contributed by atoms with van der Waals surface area (Å²) in [5.41, 5.74) is -1.41. The molecule has 5 N–H and O–H groups in total. The molecule has 4 rings (SSSR count). The molecule has 0 bridgehead atoms. The molecular formula is C27H30F2N2O8. The smallest absolute Gasteiger partial charge is 0.336 e. The van der Waals surface area contributed by atoms with Gasteiger partial charge in [0, 0.05) is 49.3 Å². The third-order valence-corrected chi connectivity index (χ3v) is 6.77. The number of piperidine rings is 1. The number of likely N-dealkylation sites (tertiary alicyclic amines) is 1. The fourth-order valence-corrected chi connectivity index (χ4v) is 4.72. The van der Waals surface area contributed by atoms with Crippen LogP contribution in [-0.4, -0.2) is 71.6 Å². The summed E-state index contributed by atoms with van der Waals surface area (Å²) in [7, 11) is 1.96.